The lowest BCUT2D eigenvalue weighted by molar-refractivity contribution is 0.197. The summed E-state index contributed by atoms with van der Waals surface area (Å²) < 4.78 is 0. The number of nitrogens with one attached hydrogen (secondary N) is 1. The Morgan fingerprint density at radius 3 is 2.38 bits per heavy atom. The average molecular weight is 217 g/mol. The van der Waals surface area contributed by atoms with Crippen molar-refractivity contribution in [3.8, 4) is 0 Å². The van der Waals surface area contributed by atoms with Crippen LogP contribution in [0.4, 0.5) is 0 Å². The topological polar surface area (TPSA) is 53.1 Å². The first kappa shape index (κ1) is 11.1. The Bertz CT molecular complexity index is 362. The summed E-state index contributed by atoms with van der Waals surface area (Å²) in [7, 11) is 0. The lowest BCUT2D eigenvalue weighted by Crippen LogP contribution is -2.33. The Hall–Kier alpha value is -1.35. The van der Waals surface area contributed by atoms with Crippen molar-refractivity contribution in [3.63, 3.8) is 0 Å². The maximum absolute atomic E-state index is 7.40. The molecule has 1 aromatic carbocycles. The summed E-state index contributed by atoms with van der Waals surface area (Å²) in [6.45, 7) is 4.17. The largest absolute Gasteiger partial charge is 0.388 e. The van der Waals surface area contributed by atoms with Gasteiger partial charge in [0, 0.05) is 25.6 Å². The van der Waals surface area contributed by atoms with E-state index in [2.05, 4.69) is 36.1 Å². The van der Waals surface area contributed by atoms with Gasteiger partial charge in [0.1, 0.15) is 0 Å². The predicted octanol–water partition coefficient (Wildman–Crippen LogP) is 2.11. The summed E-state index contributed by atoms with van der Waals surface area (Å²) in [5.41, 5.74) is 8.34. The molecule has 3 nitrogen and oxygen atoms in total. The molecule has 0 aromatic heterocycles. The standard InChI is InChI=1S/C13H19N3/c1-2-12(7-13(14)15)16-8-10-5-3-4-6-11(10)9-16/h3-6,12H,2,7-9H2,1H3,(H3,14,15). The van der Waals surface area contributed by atoms with Gasteiger partial charge in [-0.2, -0.15) is 0 Å². The Morgan fingerprint density at radius 1 is 1.38 bits per heavy atom. The molecule has 16 heavy (non-hydrogen) atoms. The van der Waals surface area contributed by atoms with E-state index in [1.165, 1.54) is 11.1 Å². The van der Waals surface area contributed by atoms with Crippen LogP contribution in [0.1, 0.15) is 30.9 Å². The van der Waals surface area contributed by atoms with Crippen LogP contribution < -0.4 is 5.73 Å². The van der Waals surface area contributed by atoms with Crippen molar-refractivity contribution in [1.82, 2.24) is 4.90 Å². The van der Waals surface area contributed by atoms with Gasteiger partial charge >= 0.3 is 0 Å². The fourth-order valence-corrected chi connectivity index (χ4v) is 2.40. The molecule has 1 heterocycles. The van der Waals surface area contributed by atoms with Gasteiger partial charge in [0.25, 0.3) is 0 Å². The van der Waals surface area contributed by atoms with Crippen molar-refractivity contribution in [3.05, 3.63) is 35.4 Å². The third-order valence-electron chi connectivity index (χ3n) is 3.31. The van der Waals surface area contributed by atoms with Crippen LogP contribution in [0.3, 0.4) is 0 Å². The number of rotatable bonds is 4. The summed E-state index contributed by atoms with van der Waals surface area (Å²) >= 11 is 0. The van der Waals surface area contributed by atoms with Crippen molar-refractivity contribution < 1.29 is 0 Å². The zero-order chi connectivity index (χ0) is 11.5. The molecule has 0 aliphatic carbocycles. The second-order valence-corrected chi connectivity index (χ2v) is 4.47. The normalized spacial score (nSPS) is 17.1. The molecule has 1 aromatic rings. The monoisotopic (exact) mass is 217 g/mol. The van der Waals surface area contributed by atoms with Gasteiger partial charge in [-0.05, 0) is 17.5 Å². The molecule has 1 aliphatic heterocycles. The zero-order valence-corrected chi connectivity index (χ0v) is 9.74. The lowest BCUT2D eigenvalue weighted by atomic mass is 10.1. The fourth-order valence-electron chi connectivity index (χ4n) is 2.40. The summed E-state index contributed by atoms with van der Waals surface area (Å²) in [4.78, 5) is 2.42. The molecule has 3 N–H and O–H groups in total. The minimum absolute atomic E-state index is 0.294. The minimum atomic E-state index is 0.294. The lowest BCUT2D eigenvalue weighted by Gasteiger charge is -2.25. The minimum Gasteiger partial charge on any atom is -0.388 e. The highest BCUT2D eigenvalue weighted by molar-refractivity contribution is 5.77. The van der Waals surface area contributed by atoms with Crippen molar-refractivity contribution in [2.24, 2.45) is 5.73 Å². The zero-order valence-electron chi connectivity index (χ0n) is 9.74. The second kappa shape index (κ2) is 4.66. The Morgan fingerprint density at radius 2 is 1.94 bits per heavy atom. The Labute approximate surface area is 96.8 Å². The summed E-state index contributed by atoms with van der Waals surface area (Å²) in [5, 5.41) is 7.40. The number of amidine groups is 1. The van der Waals surface area contributed by atoms with Gasteiger partial charge in [-0.15, -0.1) is 0 Å². The number of benzene rings is 1. The van der Waals surface area contributed by atoms with Crippen LogP contribution in [0.15, 0.2) is 24.3 Å². The quantitative estimate of drug-likeness (QED) is 0.599. The highest BCUT2D eigenvalue weighted by atomic mass is 15.2. The van der Waals surface area contributed by atoms with Gasteiger partial charge in [-0.1, -0.05) is 31.2 Å². The Balaban J connectivity index is 2.06. The van der Waals surface area contributed by atoms with Crippen molar-refractivity contribution in [2.75, 3.05) is 0 Å². The molecule has 0 spiro atoms. The molecular weight excluding hydrogens is 198 g/mol. The number of hydrogen-bond acceptors (Lipinski definition) is 2. The summed E-state index contributed by atoms with van der Waals surface area (Å²) in [6, 6.07) is 8.97. The predicted molar refractivity (Wildman–Crippen MR) is 66.3 cm³/mol. The van der Waals surface area contributed by atoms with E-state index in [9.17, 15) is 0 Å². The SMILES string of the molecule is CCC(CC(=N)N)N1Cc2ccccc2C1. The van der Waals surface area contributed by atoms with E-state index in [0.29, 0.717) is 18.3 Å². The molecule has 0 saturated heterocycles. The van der Waals surface area contributed by atoms with E-state index >= 15 is 0 Å². The second-order valence-electron chi connectivity index (χ2n) is 4.47. The van der Waals surface area contributed by atoms with Gasteiger partial charge in [0.2, 0.25) is 0 Å². The van der Waals surface area contributed by atoms with Crippen LogP contribution >= 0.6 is 0 Å². The maximum atomic E-state index is 7.40. The molecule has 0 amide bonds. The van der Waals surface area contributed by atoms with E-state index < -0.39 is 0 Å². The Kier molecular flexibility index (Phi) is 3.25. The van der Waals surface area contributed by atoms with Gasteiger partial charge < -0.3 is 5.73 Å². The molecule has 86 valence electrons. The highest BCUT2D eigenvalue weighted by Crippen LogP contribution is 2.26. The third-order valence-corrected chi connectivity index (χ3v) is 3.31. The fraction of sp³-hybridized carbons (Fsp3) is 0.462. The van der Waals surface area contributed by atoms with Crippen molar-refractivity contribution in [2.45, 2.75) is 38.9 Å². The molecule has 0 bridgehead atoms. The van der Waals surface area contributed by atoms with Gasteiger partial charge in [-0.3, -0.25) is 10.3 Å². The smallest absolute Gasteiger partial charge is 0.0921 e. The average Bonchev–Trinajstić information content (AvgIpc) is 2.68. The summed E-state index contributed by atoms with van der Waals surface area (Å²) in [5.74, 6) is 0.294. The molecule has 0 radical (unpaired) electrons. The van der Waals surface area contributed by atoms with E-state index in [-0.39, 0.29) is 0 Å². The van der Waals surface area contributed by atoms with Crippen LogP contribution in [-0.2, 0) is 13.1 Å². The third kappa shape index (κ3) is 2.25. The van der Waals surface area contributed by atoms with Crippen molar-refractivity contribution in [1.29, 1.82) is 5.41 Å². The molecular formula is C13H19N3. The van der Waals surface area contributed by atoms with E-state index in [1.807, 2.05) is 0 Å². The van der Waals surface area contributed by atoms with E-state index in [1.54, 1.807) is 0 Å². The summed E-state index contributed by atoms with van der Waals surface area (Å²) in [6.07, 6.45) is 1.73. The van der Waals surface area contributed by atoms with Crippen LogP contribution in [0.25, 0.3) is 0 Å². The highest BCUT2D eigenvalue weighted by Gasteiger charge is 2.24. The molecule has 0 saturated carbocycles. The first-order valence-corrected chi connectivity index (χ1v) is 5.84. The molecule has 1 atom stereocenters. The number of fused-ring (bicyclic) bond motifs is 1. The molecule has 1 aliphatic rings. The van der Waals surface area contributed by atoms with Gasteiger partial charge in [0.05, 0.1) is 5.84 Å². The first-order chi connectivity index (χ1) is 7.70. The molecule has 1 unspecified atom stereocenters. The van der Waals surface area contributed by atoms with Gasteiger partial charge in [0.15, 0.2) is 0 Å². The van der Waals surface area contributed by atoms with E-state index in [0.717, 1.165) is 19.5 Å². The molecule has 3 heteroatoms. The van der Waals surface area contributed by atoms with Crippen LogP contribution in [-0.4, -0.2) is 16.8 Å². The van der Waals surface area contributed by atoms with Gasteiger partial charge in [-0.25, -0.2) is 0 Å². The van der Waals surface area contributed by atoms with Crippen LogP contribution in [0, 0.1) is 5.41 Å². The first-order valence-electron chi connectivity index (χ1n) is 5.84. The van der Waals surface area contributed by atoms with Crippen LogP contribution in [0.5, 0.6) is 0 Å². The van der Waals surface area contributed by atoms with Crippen molar-refractivity contribution >= 4 is 5.84 Å². The molecule has 0 fully saturated rings. The number of nitrogens with zero attached hydrogens (tertiary/aromatic N) is 1. The molecule has 2 rings (SSSR count). The number of nitrogens with two attached hydrogens (primary N) is 1. The maximum Gasteiger partial charge on any atom is 0.0921 e. The van der Waals surface area contributed by atoms with E-state index in [4.69, 9.17) is 11.1 Å². The van der Waals surface area contributed by atoms with Crippen LogP contribution in [0.2, 0.25) is 0 Å². The number of hydrogen-bond donors (Lipinski definition) is 2.